The highest BCUT2D eigenvalue weighted by molar-refractivity contribution is 6.02. The monoisotopic (exact) mass is 436 g/mol. The second-order valence-electron chi connectivity index (χ2n) is 7.21. The van der Waals surface area contributed by atoms with Gasteiger partial charge in [0.25, 0.3) is 5.56 Å². The minimum atomic E-state index is -4.58. The molecule has 0 spiro atoms. The van der Waals surface area contributed by atoms with Crippen molar-refractivity contribution in [1.82, 2.24) is 4.57 Å². The standard InChI is InChI=1S/C25H19F3N2O2/c1-2-16-8-3-6-13-22(16)29-15-21-19-11-4-5-12-20(19)23(31)30(24(21)32)18-10-7-9-17(14-18)25(26,27)28/h3-15,32H,2H2,1H3. The van der Waals surface area contributed by atoms with Crippen molar-refractivity contribution in [2.45, 2.75) is 19.5 Å². The van der Waals surface area contributed by atoms with E-state index >= 15 is 0 Å². The van der Waals surface area contributed by atoms with Crippen LogP contribution in [0.15, 0.2) is 82.6 Å². The van der Waals surface area contributed by atoms with Crippen LogP contribution in [0.4, 0.5) is 18.9 Å². The number of aromatic nitrogens is 1. The van der Waals surface area contributed by atoms with Crippen molar-refractivity contribution in [3.63, 3.8) is 0 Å². The van der Waals surface area contributed by atoms with Crippen LogP contribution in [-0.2, 0) is 12.6 Å². The van der Waals surface area contributed by atoms with Gasteiger partial charge in [-0.3, -0.25) is 9.79 Å². The molecule has 0 saturated carbocycles. The molecule has 4 nitrogen and oxygen atoms in total. The minimum absolute atomic E-state index is 0.0864. The average Bonchev–Trinajstić information content (AvgIpc) is 2.79. The molecule has 1 aromatic heterocycles. The molecule has 0 aliphatic heterocycles. The number of para-hydroxylation sites is 1. The summed E-state index contributed by atoms with van der Waals surface area (Å²) >= 11 is 0. The summed E-state index contributed by atoms with van der Waals surface area (Å²) in [5, 5.41) is 11.7. The molecule has 3 aromatic carbocycles. The summed E-state index contributed by atoms with van der Waals surface area (Å²) in [5.41, 5.74) is 0.319. The number of alkyl halides is 3. The van der Waals surface area contributed by atoms with Crippen molar-refractivity contribution in [2.75, 3.05) is 0 Å². The summed E-state index contributed by atoms with van der Waals surface area (Å²) in [7, 11) is 0. The van der Waals surface area contributed by atoms with Gasteiger partial charge in [-0.1, -0.05) is 49.4 Å². The van der Waals surface area contributed by atoms with Crippen LogP contribution in [0, 0.1) is 0 Å². The lowest BCUT2D eigenvalue weighted by molar-refractivity contribution is -0.137. The van der Waals surface area contributed by atoms with Crippen LogP contribution in [-0.4, -0.2) is 15.9 Å². The van der Waals surface area contributed by atoms with E-state index in [1.165, 1.54) is 18.3 Å². The fourth-order valence-corrected chi connectivity index (χ4v) is 3.62. The van der Waals surface area contributed by atoms with Gasteiger partial charge in [0.15, 0.2) is 0 Å². The Morgan fingerprint density at radius 1 is 0.969 bits per heavy atom. The van der Waals surface area contributed by atoms with Crippen molar-refractivity contribution in [2.24, 2.45) is 4.99 Å². The Hall–Kier alpha value is -3.87. The lowest BCUT2D eigenvalue weighted by atomic mass is 10.1. The molecular weight excluding hydrogens is 417 g/mol. The Morgan fingerprint density at radius 3 is 2.38 bits per heavy atom. The van der Waals surface area contributed by atoms with E-state index < -0.39 is 23.2 Å². The maximum atomic E-state index is 13.2. The molecule has 0 aliphatic rings. The molecule has 0 aliphatic carbocycles. The molecule has 0 amide bonds. The number of nitrogens with zero attached hydrogens (tertiary/aromatic N) is 2. The third-order valence-corrected chi connectivity index (χ3v) is 5.24. The van der Waals surface area contributed by atoms with Crippen LogP contribution in [0.5, 0.6) is 5.88 Å². The second kappa shape index (κ2) is 8.34. The number of benzene rings is 3. The lowest BCUT2D eigenvalue weighted by Gasteiger charge is -2.15. The normalized spacial score (nSPS) is 12.0. The van der Waals surface area contributed by atoms with Gasteiger partial charge in [0.2, 0.25) is 5.88 Å². The highest BCUT2D eigenvalue weighted by Gasteiger charge is 2.31. The first-order chi connectivity index (χ1) is 15.3. The second-order valence-corrected chi connectivity index (χ2v) is 7.21. The van der Waals surface area contributed by atoms with Gasteiger partial charge >= 0.3 is 6.18 Å². The molecule has 0 unspecified atom stereocenters. The molecule has 32 heavy (non-hydrogen) atoms. The third kappa shape index (κ3) is 3.89. The van der Waals surface area contributed by atoms with E-state index in [0.717, 1.165) is 28.7 Å². The first kappa shape index (κ1) is 21.4. The van der Waals surface area contributed by atoms with Gasteiger partial charge in [-0.15, -0.1) is 0 Å². The summed E-state index contributed by atoms with van der Waals surface area (Å²) in [6, 6.07) is 18.4. The Kier molecular flexibility index (Phi) is 5.57. The van der Waals surface area contributed by atoms with Crippen LogP contribution >= 0.6 is 0 Å². The van der Waals surface area contributed by atoms with Crippen molar-refractivity contribution in [3.05, 3.63) is 99.8 Å². The smallest absolute Gasteiger partial charge is 0.416 e. The molecule has 162 valence electrons. The highest BCUT2D eigenvalue weighted by atomic mass is 19.4. The van der Waals surface area contributed by atoms with E-state index in [-0.39, 0.29) is 16.6 Å². The predicted octanol–water partition coefficient (Wildman–Crippen LogP) is 6.03. The summed E-state index contributed by atoms with van der Waals surface area (Å²) in [4.78, 5) is 17.6. The number of aryl methyl sites for hydroxylation is 1. The molecule has 0 saturated heterocycles. The summed E-state index contributed by atoms with van der Waals surface area (Å²) in [5.74, 6) is -0.481. The molecule has 1 heterocycles. The van der Waals surface area contributed by atoms with Crippen molar-refractivity contribution < 1.29 is 18.3 Å². The Balaban J connectivity index is 1.97. The molecule has 1 N–H and O–H groups in total. The van der Waals surface area contributed by atoms with E-state index in [0.29, 0.717) is 11.1 Å². The number of halogens is 3. The summed E-state index contributed by atoms with van der Waals surface area (Å²) in [6.45, 7) is 2.00. The van der Waals surface area contributed by atoms with Gasteiger partial charge < -0.3 is 5.11 Å². The van der Waals surface area contributed by atoms with Crippen molar-refractivity contribution in [3.8, 4) is 11.6 Å². The molecule has 0 atom stereocenters. The Morgan fingerprint density at radius 2 is 1.66 bits per heavy atom. The quantitative estimate of drug-likeness (QED) is 0.397. The first-order valence-electron chi connectivity index (χ1n) is 9.97. The molecule has 4 aromatic rings. The van der Waals surface area contributed by atoms with Crippen LogP contribution in [0.3, 0.4) is 0 Å². The molecule has 0 radical (unpaired) electrons. The number of hydrogen-bond donors (Lipinski definition) is 1. The number of hydrogen-bond acceptors (Lipinski definition) is 3. The summed E-state index contributed by atoms with van der Waals surface area (Å²) < 4.78 is 40.6. The predicted molar refractivity (Wildman–Crippen MR) is 119 cm³/mol. The van der Waals surface area contributed by atoms with Crippen LogP contribution < -0.4 is 5.56 Å². The Labute approximate surface area is 181 Å². The Bertz CT molecular complexity index is 1390. The molecular formula is C25H19F3N2O2. The van der Waals surface area contributed by atoms with E-state index in [4.69, 9.17) is 0 Å². The van der Waals surface area contributed by atoms with Gasteiger partial charge in [-0.25, -0.2) is 4.57 Å². The van der Waals surface area contributed by atoms with Crippen LogP contribution in [0.2, 0.25) is 0 Å². The number of aliphatic imine (C=N–C) groups is 1. The van der Waals surface area contributed by atoms with E-state index in [1.54, 1.807) is 24.3 Å². The zero-order valence-corrected chi connectivity index (χ0v) is 17.1. The van der Waals surface area contributed by atoms with Gasteiger partial charge in [0, 0.05) is 17.0 Å². The largest absolute Gasteiger partial charge is 0.494 e. The number of aromatic hydroxyl groups is 1. The topological polar surface area (TPSA) is 54.6 Å². The van der Waals surface area contributed by atoms with Crippen LogP contribution in [0.25, 0.3) is 16.5 Å². The summed E-state index contributed by atoms with van der Waals surface area (Å²) in [6.07, 6.45) is -2.39. The van der Waals surface area contributed by atoms with Crippen molar-refractivity contribution in [1.29, 1.82) is 0 Å². The number of rotatable bonds is 4. The number of pyridine rings is 1. The lowest BCUT2D eigenvalue weighted by Crippen LogP contribution is -2.20. The number of fused-ring (bicyclic) bond motifs is 1. The SMILES string of the molecule is CCc1ccccc1N=Cc1c(O)n(-c2cccc(C(F)(F)F)c2)c(=O)c2ccccc12. The van der Waals surface area contributed by atoms with Gasteiger partial charge in [-0.2, -0.15) is 13.2 Å². The molecule has 4 rings (SSSR count). The average molecular weight is 436 g/mol. The molecule has 7 heteroatoms. The van der Waals surface area contributed by atoms with Gasteiger partial charge in [0.1, 0.15) is 0 Å². The fraction of sp³-hybridized carbons (Fsp3) is 0.120. The zero-order chi connectivity index (χ0) is 22.9. The maximum absolute atomic E-state index is 13.2. The molecule has 0 bridgehead atoms. The van der Waals surface area contributed by atoms with Crippen LogP contribution in [0.1, 0.15) is 23.6 Å². The highest BCUT2D eigenvalue weighted by Crippen LogP contribution is 2.32. The van der Waals surface area contributed by atoms with Crippen molar-refractivity contribution >= 4 is 22.7 Å². The van der Waals surface area contributed by atoms with Gasteiger partial charge in [-0.05, 0) is 42.3 Å². The minimum Gasteiger partial charge on any atom is -0.494 e. The fourth-order valence-electron chi connectivity index (χ4n) is 3.62. The third-order valence-electron chi connectivity index (χ3n) is 5.24. The molecule has 0 fully saturated rings. The maximum Gasteiger partial charge on any atom is 0.416 e. The zero-order valence-electron chi connectivity index (χ0n) is 17.1. The van der Waals surface area contributed by atoms with E-state index in [9.17, 15) is 23.1 Å². The first-order valence-corrected chi connectivity index (χ1v) is 9.97. The van der Waals surface area contributed by atoms with Gasteiger partial charge in [0.05, 0.1) is 22.5 Å². The van der Waals surface area contributed by atoms with E-state index in [1.807, 2.05) is 31.2 Å². The van der Waals surface area contributed by atoms with E-state index in [2.05, 4.69) is 4.99 Å².